The molecule has 3 rings (SSSR count). The van der Waals surface area contributed by atoms with Crippen LogP contribution in [-0.2, 0) is 0 Å². The number of hydrogen-bond acceptors (Lipinski definition) is 2. The lowest BCUT2D eigenvalue weighted by molar-refractivity contribution is 0.610. The number of anilines is 1. The first-order valence-electron chi connectivity index (χ1n) is 6.43. The van der Waals surface area contributed by atoms with Gasteiger partial charge in [0, 0.05) is 24.0 Å². The Morgan fingerprint density at radius 1 is 1.26 bits per heavy atom. The predicted molar refractivity (Wildman–Crippen MR) is 73.8 cm³/mol. The molecule has 4 heteroatoms. The Kier molecular flexibility index (Phi) is 2.85. The van der Waals surface area contributed by atoms with Crippen LogP contribution in [0.15, 0.2) is 48.3 Å². The van der Waals surface area contributed by atoms with Gasteiger partial charge >= 0.3 is 0 Å². The summed E-state index contributed by atoms with van der Waals surface area (Å²) in [6, 6.07) is 8.99. The number of nitrogens with zero attached hydrogens (tertiary/aromatic N) is 3. The summed E-state index contributed by atoms with van der Waals surface area (Å²) in [4.78, 5) is 2.18. The SMILES string of the molecule is CC1=CCC(C)N1c1ccn(-c2ccccc2F)n1. The summed E-state index contributed by atoms with van der Waals surface area (Å²) in [6.07, 6.45) is 5.03. The minimum Gasteiger partial charge on any atom is -0.326 e. The largest absolute Gasteiger partial charge is 0.326 e. The second-order valence-corrected chi connectivity index (χ2v) is 4.87. The van der Waals surface area contributed by atoms with Crippen molar-refractivity contribution in [3.8, 4) is 5.69 Å². The lowest BCUT2D eigenvalue weighted by Crippen LogP contribution is -2.26. The van der Waals surface area contributed by atoms with E-state index in [0.29, 0.717) is 11.7 Å². The van der Waals surface area contributed by atoms with Crippen molar-refractivity contribution in [3.63, 3.8) is 0 Å². The third-order valence-electron chi connectivity index (χ3n) is 3.50. The number of halogens is 1. The van der Waals surface area contributed by atoms with Gasteiger partial charge in [0.2, 0.25) is 0 Å². The Morgan fingerprint density at radius 3 is 2.74 bits per heavy atom. The molecule has 1 aliphatic heterocycles. The van der Waals surface area contributed by atoms with E-state index in [0.717, 1.165) is 12.2 Å². The van der Waals surface area contributed by atoms with E-state index in [4.69, 9.17) is 0 Å². The Labute approximate surface area is 112 Å². The molecule has 0 amide bonds. The lowest BCUT2D eigenvalue weighted by Gasteiger charge is -2.23. The second-order valence-electron chi connectivity index (χ2n) is 4.87. The zero-order valence-corrected chi connectivity index (χ0v) is 11.0. The summed E-state index contributed by atoms with van der Waals surface area (Å²) >= 11 is 0. The maximum atomic E-state index is 13.7. The summed E-state index contributed by atoms with van der Waals surface area (Å²) in [7, 11) is 0. The van der Waals surface area contributed by atoms with Crippen LogP contribution in [-0.4, -0.2) is 15.8 Å². The van der Waals surface area contributed by atoms with E-state index in [-0.39, 0.29) is 5.82 Å². The fraction of sp³-hybridized carbons (Fsp3) is 0.267. The van der Waals surface area contributed by atoms with Crippen LogP contribution in [0, 0.1) is 5.82 Å². The van der Waals surface area contributed by atoms with Gasteiger partial charge in [0.1, 0.15) is 11.5 Å². The first-order chi connectivity index (χ1) is 9.16. The van der Waals surface area contributed by atoms with E-state index in [1.54, 1.807) is 23.0 Å². The second kappa shape index (κ2) is 4.53. The van der Waals surface area contributed by atoms with Gasteiger partial charge in [-0.25, -0.2) is 9.07 Å². The highest BCUT2D eigenvalue weighted by atomic mass is 19.1. The Hall–Kier alpha value is -2.10. The maximum absolute atomic E-state index is 13.7. The smallest absolute Gasteiger partial charge is 0.155 e. The Morgan fingerprint density at radius 2 is 2.05 bits per heavy atom. The molecule has 1 aliphatic rings. The minimum absolute atomic E-state index is 0.265. The number of rotatable bonds is 2. The van der Waals surface area contributed by atoms with Crippen LogP contribution in [0.3, 0.4) is 0 Å². The minimum atomic E-state index is -0.265. The monoisotopic (exact) mass is 257 g/mol. The van der Waals surface area contributed by atoms with E-state index >= 15 is 0 Å². The number of hydrogen-bond donors (Lipinski definition) is 0. The van der Waals surface area contributed by atoms with Crippen molar-refractivity contribution in [3.05, 3.63) is 54.1 Å². The predicted octanol–water partition coefficient (Wildman–Crippen LogP) is 3.51. The van der Waals surface area contributed by atoms with E-state index < -0.39 is 0 Å². The van der Waals surface area contributed by atoms with E-state index in [1.165, 1.54) is 11.8 Å². The van der Waals surface area contributed by atoms with E-state index in [9.17, 15) is 4.39 Å². The summed E-state index contributed by atoms with van der Waals surface area (Å²) < 4.78 is 15.3. The topological polar surface area (TPSA) is 21.1 Å². The average molecular weight is 257 g/mol. The summed E-state index contributed by atoms with van der Waals surface area (Å²) in [6.45, 7) is 4.24. The van der Waals surface area contributed by atoms with Crippen LogP contribution in [0.5, 0.6) is 0 Å². The van der Waals surface area contributed by atoms with Gasteiger partial charge in [-0.3, -0.25) is 0 Å². The normalized spacial score (nSPS) is 18.8. The van der Waals surface area contributed by atoms with Gasteiger partial charge in [-0.15, -0.1) is 5.10 Å². The standard InChI is InChI=1S/C15H16FN3/c1-11-7-8-12(2)19(11)15-9-10-18(17-15)14-6-4-3-5-13(14)16/h3-7,9-10,12H,8H2,1-2H3. The average Bonchev–Trinajstić information content (AvgIpc) is 2.97. The quantitative estimate of drug-likeness (QED) is 0.820. The first kappa shape index (κ1) is 12.0. The number of para-hydroxylation sites is 1. The van der Waals surface area contributed by atoms with Gasteiger partial charge in [0.15, 0.2) is 5.82 Å². The fourth-order valence-corrected chi connectivity index (χ4v) is 2.51. The van der Waals surface area contributed by atoms with Crippen molar-refractivity contribution in [2.24, 2.45) is 0 Å². The third kappa shape index (κ3) is 2.03. The van der Waals surface area contributed by atoms with Crippen LogP contribution in [0.1, 0.15) is 20.3 Å². The Bertz CT molecular complexity index is 630. The number of allylic oxidation sites excluding steroid dienone is 1. The molecule has 0 fully saturated rings. The van der Waals surface area contributed by atoms with Gasteiger partial charge in [-0.2, -0.15) is 0 Å². The molecule has 0 N–H and O–H groups in total. The van der Waals surface area contributed by atoms with Gasteiger partial charge < -0.3 is 4.90 Å². The zero-order valence-electron chi connectivity index (χ0n) is 11.0. The molecular formula is C15H16FN3. The van der Waals surface area contributed by atoms with Crippen LogP contribution >= 0.6 is 0 Å². The molecule has 0 radical (unpaired) electrons. The Balaban J connectivity index is 1.96. The molecule has 0 bridgehead atoms. The van der Waals surface area contributed by atoms with Crippen molar-refractivity contribution in [2.45, 2.75) is 26.3 Å². The zero-order chi connectivity index (χ0) is 13.4. The van der Waals surface area contributed by atoms with E-state index in [2.05, 4.69) is 29.9 Å². The molecule has 19 heavy (non-hydrogen) atoms. The van der Waals surface area contributed by atoms with Gasteiger partial charge in [0.05, 0.1) is 0 Å². The van der Waals surface area contributed by atoms with Crippen molar-refractivity contribution in [2.75, 3.05) is 4.90 Å². The highest BCUT2D eigenvalue weighted by molar-refractivity contribution is 5.50. The van der Waals surface area contributed by atoms with Crippen LogP contribution in [0.2, 0.25) is 0 Å². The summed E-state index contributed by atoms with van der Waals surface area (Å²) in [5, 5.41) is 4.49. The number of benzene rings is 1. The van der Waals surface area contributed by atoms with Crippen LogP contribution < -0.4 is 4.90 Å². The summed E-state index contributed by atoms with van der Waals surface area (Å²) in [5.74, 6) is 0.598. The van der Waals surface area contributed by atoms with Crippen LogP contribution in [0.4, 0.5) is 10.2 Å². The molecule has 98 valence electrons. The fourth-order valence-electron chi connectivity index (χ4n) is 2.51. The van der Waals surface area contributed by atoms with Crippen molar-refractivity contribution in [1.29, 1.82) is 0 Å². The molecule has 1 aromatic heterocycles. The molecule has 0 spiro atoms. The molecule has 1 aromatic carbocycles. The van der Waals surface area contributed by atoms with Crippen LogP contribution in [0.25, 0.3) is 5.69 Å². The van der Waals surface area contributed by atoms with Crippen molar-refractivity contribution >= 4 is 5.82 Å². The van der Waals surface area contributed by atoms with Crippen molar-refractivity contribution < 1.29 is 4.39 Å². The highest BCUT2D eigenvalue weighted by Gasteiger charge is 2.23. The molecule has 2 heterocycles. The molecular weight excluding hydrogens is 241 g/mol. The van der Waals surface area contributed by atoms with Gasteiger partial charge in [0.25, 0.3) is 0 Å². The maximum Gasteiger partial charge on any atom is 0.155 e. The lowest BCUT2D eigenvalue weighted by atomic mass is 10.3. The van der Waals surface area contributed by atoms with Crippen molar-refractivity contribution in [1.82, 2.24) is 9.78 Å². The molecule has 3 nitrogen and oxygen atoms in total. The molecule has 0 aliphatic carbocycles. The molecule has 1 atom stereocenters. The van der Waals surface area contributed by atoms with Gasteiger partial charge in [-0.1, -0.05) is 18.2 Å². The first-order valence-corrected chi connectivity index (χ1v) is 6.43. The third-order valence-corrected chi connectivity index (χ3v) is 3.50. The molecule has 0 saturated carbocycles. The van der Waals surface area contributed by atoms with Gasteiger partial charge in [-0.05, 0) is 32.4 Å². The molecule has 1 unspecified atom stereocenters. The highest BCUT2D eigenvalue weighted by Crippen LogP contribution is 2.28. The number of aromatic nitrogens is 2. The molecule has 2 aromatic rings. The van der Waals surface area contributed by atoms with E-state index in [1.807, 2.05) is 12.1 Å². The molecule has 0 saturated heterocycles. The summed E-state index contributed by atoms with van der Waals surface area (Å²) in [5.41, 5.74) is 1.67.